The Morgan fingerprint density at radius 1 is 1.12 bits per heavy atom. The van der Waals surface area contributed by atoms with Gasteiger partial charge < -0.3 is 21.5 Å². The van der Waals surface area contributed by atoms with Gasteiger partial charge in [-0.3, -0.25) is 28.9 Å². The average molecular weight is 471 g/mol. The number of primary amides is 1. The molecule has 182 valence electrons. The maximum absolute atomic E-state index is 13.9. The van der Waals surface area contributed by atoms with Gasteiger partial charge in [-0.05, 0) is 45.1 Å². The second-order valence-electron chi connectivity index (χ2n) is 10.2. The molecule has 2 fully saturated rings. The second-order valence-corrected chi connectivity index (χ2v) is 10.2. The Morgan fingerprint density at radius 3 is 2.29 bits per heavy atom. The van der Waals surface area contributed by atoms with Gasteiger partial charge in [-0.1, -0.05) is 12.1 Å². The summed E-state index contributed by atoms with van der Waals surface area (Å²) in [5.41, 5.74) is 9.66. The molecule has 5 N–H and O–H groups in total. The van der Waals surface area contributed by atoms with E-state index in [2.05, 4.69) is 0 Å². The number of nitrogens with two attached hydrogens (primary N) is 2. The zero-order valence-electron chi connectivity index (χ0n) is 19.7. The average Bonchev–Trinajstić information content (AvgIpc) is 2.75. The van der Waals surface area contributed by atoms with Crippen LogP contribution >= 0.6 is 0 Å². The zero-order chi connectivity index (χ0) is 25.3. The number of ketones is 4. The van der Waals surface area contributed by atoms with Gasteiger partial charge in [0.15, 0.2) is 34.7 Å². The number of carbonyl (C=O) groups excluding carboxylic acids is 5. The minimum atomic E-state index is -2.70. The van der Waals surface area contributed by atoms with Crippen molar-refractivity contribution >= 4 is 34.7 Å². The van der Waals surface area contributed by atoms with Crippen LogP contribution in [0.5, 0.6) is 0 Å². The molecule has 6 atom stereocenters. The summed E-state index contributed by atoms with van der Waals surface area (Å²) in [6, 6.07) is 4.07. The van der Waals surface area contributed by atoms with Crippen LogP contribution in [0.2, 0.25) is 0 Å². The Balaban J connectivity index is 1.95. The summed E-state index contributed by atoms with van der Waals surface area (Å²) in [4.78, 5) is 69.6. The molecule has 0 radical (unpaired) electrons. The number of hydrogen-bond acceptors (Lipinski definition) is 9. The molecular weight excluding hydrogens is 440 g/mol. The van der Waals surface area contributed by atoms with Crippen LogP contribution < -0.4 is 16.4 Å². The molecule has 10 nitrogen and oxygen atoms in total. The number of benzene rings is 1. The van der Waals surface area contributed by atoms with E-state index in [0.29, 0.717) is 5.56 Å². The summed E-state index contributed by atoms with van der Waals surface area (Å²) in [5, 5.41) is 11.7. The summed E-state index contributed by atoms with van der Waals surface area (Å²) in [7, 11) is 6.81. The Labute approximate surface area is 197 Å². The lowest BCUT2D eigenvalue weighted by Gasteiger charge is -2.57. The molecule has 10 heteroatoms. The molecule has 0 saturated heterocycles. The van der Waals surface area contributed by atoms with Gasteiger partial charge in [-0.15, -0.1) is 0 Å². The van der Waals surface area contributed by atoms with Crippen molar-refractivity contribution in [3.63, 3.8) is 0 Å². The first-order valence-corrected chi connectivity index (χ1v) is 11.2. The van der Waals surface area contributed by atoms with Gasteiger partial charge >= 0.3 is 0 Å². The molecule has 0 aliphatic heterocycles. The summed E-state index contributed by atoms with van der Waals surface area (Å²) in [5.74, 6) is -9.27. The van der Waals surface area contributed by atoms with Gasteiger partial charge in [0.05, 0.1) is 12.0 Å². The van der Waals surface area contributed by atoms with Crippen molar-refractivity contribution in [2.75, 3.05) is 39.6 Å². The number of aliphatic hydroxyl groups is 1. The number of hydrogen-bond donors (Lipinski definition) is 3. The van der Waals surface area contributed by atoms with Crippen molar-refractivity contribution in [1.82, 2.24) is 4.90 Å². The van der Waals surface area contributed by atoms with Crippen LogP contribution in [0.3, 0.4) is 0 Å². The first kappa shape index (κ1) is 24.2. The number of anilines is 1. The van der Waals surface area contributed by atoms with Crippen LogP contribution in [0.25, 0.3) is 0 Å². The molecule has 1 aromatic rings. The minimum Gasteiger partial charge on any atom is -0.377 e. The van der Waals surface area contributed by atoms with Crippen LogP contribution in [-0.4, -0.2) is 85.4 Å². The fraction of sp³-hybridized carbons (Fsp3) is 0.542. The molecule has 0 heterocycles. The van der Waals surface area contributed by atoms with Gasteiger partial charge in [-0.25, -0.2) is 0 Å². The van der Waals surface area contributed by atoms with Gasteiger partial charge in [0.2, 0.25) is 5.91 Å². The second kappa shape index (κ2) is 7.79. The van der Waals surface area contributed by atoms with E-state index >= 15 is 0 Å². The molecule has 2 unspecified atom stereocenters. The summed E-state index contributed by atoms with van der Waals surface area (Å²) in [6.45, 7) is -0.0648. The highest BCUT2D eigenvalue weighted by Crippen LogP contribution is 2.56. The molecular formula is C24H30N4O6. The highest BCUT2D eigenvalue weighted by atomic mass is 16.3. The van der Waals surface area contributed by atoms with Crippen molar-refractivity contribution in [2.24, 2.45) is 34.6 Å². The maximum atomic E-state index is 13.9. The molecule has 0 spiro atoms. The monoisotopic (exact) mass is 470 g/mol. The zero-order valence-corrected chi connectivity index (χ0v) is 19.7. The smallest absolute Gasteiger partial charge is 0.235 e. The van der Waals surface area contributed by atoms with Gasteiger partial charge in [0.25, 0.3) is 0 Å². The minimum absolute atomic E-state index is 0.0187. The van der Waals surface area contributed by atoms with E-state index in [9.17, 15) is 29.1 Å². The third-order valence-electron chi connectivity index (χ3n) is 7.95. The summed E-state index contributed by atoms with van der Waals surface area (Å²) < 4.78 is 0. The van der Waals surface area contributed by atoms with Crippen LogP contribution in [-0.2, 0) is 25.6 Å². The summed E-state index contributed by atoms with van der Waals surface area (Å²) >= 11 is 0. The SMILES string of the molecule is CN(C)c1cccc2c1C[C@@]1(CN)C[C@H]3[C@H](N(C)C)C(=O)C(C(N)=O)C(=O)[C@@]3(O)C(=O)C1C2=O. The lowest BCUT2D eigenvalue weighted by molar-refractivity contribution is -0.185. The van der Waals surface area contributed by atoms with Crippen LogP contribution in [0.1, 0.15) is 22.3 Å². The fourth-order valence-corrected chi connectivity index (χ4v) is 6.39. The van der Waals surface area contributed by atoms with Gasteiger partial charge in [0.1, 0.15) is 0 Å². The van der Waals surface area contributed by atoms with E-state index in [1.807, 2.05) is 25.1 Å². The number of amides is 1. The lowest BCUT2D eigenvalue weighted by Crippen LogP contribution is -2.76. The normalized spacial score (nSPS) is 35.0. The number of Topliss-reactive ketones (excluding diaryl/α,β-unsaturated/α-hetero) is 4. The molecule has 3 aliphatic rings. The number of carbonyl (C=O) groups is 5. The largest absolute Gasteiger partial charge is 0.377 e. The number of nitrogens with zero attached hydrogens (tertiary/aromatic N) is 2. The lowest BCUT2D eigenvalue weighted by atomic mass is 9.47. The van der Waals surface area contributed by atoms with E-state index in [1.165, 1.54) is 4.90 Å². The first-order valence-electron chi connectivity index (χ1n) is 11.2. The van der Waals surface area contributed by atoms with Crippen LogP contribution in [0.15, 0.2) is 18.2 Å². The van der Waals surface area contributed by atoms with Crippen molar-refractivity contribution in [1.29, 1.82) is 0 Å². The van der Waals surface area contributed by atoms with Crippen molar-refractivity contribution < 1.29 is 29.1 Å². The fourth-order valence-electron chi connectivity index (χ4n) is 6.39. The van der Waals surface area contributed by atoms with E-state index in [1.54, 1.807) is 26.2 Å². The highest BCUT2D eigenvalue weighted by Gasteiger charge is 2.72. The Hall–Kier alpha value is -2.95. The molecule has 2 saturated carbocycles. The Kier molecular flexibility index (Phi) is 5.54. The van der Waals surface area contributed by atoms with E-state index < -0.39 is 63.9 Å². The van der Waals surface area contributed by atoms with Crippen molar-refractivity contribution in [3.05, 3.63) is 29.3 Å². The quantitative estimate of drug-likeness (QED) is 0.447. The van der Waals surface area contributed by atoms with Gasteiger partial charge in [-0.2, -0.15) is 0 Å². The van der Waals surface area contributed by atoms with E-state index in [-0.39, 0.29) is 19.4 Å². The number of likely N-dealkylation sites (N-methyl/N-ethyl adjacent to an activating group) is 1. The number of rotatable bonds is 4. The molecule has 1 aromatic carbocycles. The third-order valence-corrected chi connectivity index (χ3v) is 7.95. The highest BCUT2D eigenvalue weighted by molar-refractivity contribution is 6.32. The van der Waals surface area contributed by atoms with Crippen molar-refractivity contribution in [2.45, 2.75) is 24.5 Å². The Morgan fingerprint density at radius 2 is 1.76 bits per heavy atom. The van der Waals surface area contributed by atoms with E-state index in [4.69, 9.17) is 11.5 Å². The Bertz CT molecular complexity index is 1130. The summed E-state index contributed by atoms with van der Waals surface area (Å²) in [6.07, 6.45) is 0.249. The molecule has 1 amide bonds. The predicted molar refractivity (Wildman–Crippen MR) is 122 cm³/mol. The molecule has 4 rings (SSSR count). The molecule has 34 heavy (non-hydrogen) atoms. The van der Waals surface area contributed by atoms with Crippen molar-refractivity contribution in [3.8, 4) is 0 Å². The van der Waals surface area contributed by atoms with Gasteiger partial charge in [0, 0.05) is 36.7 Å². The number of fused-ring (bicyclic) bond motifs is 3. The maximum Gasteiger partial charge on any atom is 0.235 e. The predicted octanol–water partition coefficient (Wildman–Crippen LogP) is -1.44. The first-order chi connectivity index (χ1) is 15.8. The molecule has 0 bridgehead atoms. The molecule has 0 aromatic heterocycles. The van der Waals surface area contributed by atoms with E-state index in [0.717, 1.165) is 11.3 Å². The van der Waals surface area contributed by atoms with Crippen LogP contribution in [0.4, 0.5) is 5.69 Å². The standard InChI is InChI=1S/C24H30N4O6/c1-27(2)14-7-5-6-11-12(14)8-23(10-25)9-13-17(28(3)4)19(30)15(22(26)33)20(31)24(13,34)21(32)16(23)18(11)29/h5-7,13,15-17,34H,8-10,25H2,1-4H3,(H2,26,33)/t13-,15?,16?,17-,23-,24+/m0/s1. The van der Waals surface area contributed by atoms with Crippen LogP contribution in [0, 0.1) is 23.2 Å². The molecule has 3 aliphatic carbocycles. The topological polar surface area (TPSA) is 164 Å². The third kappa shape index (κ3) is 2.95.